The molecule has 0 aromatic heterocycles. The number of hydrogen-bond donors (Lipinski definition) is 0. The Bertz CT molecular complexity index is 782. The van der Waals surface area contributed by atoms with Gasteiger partial charge in [0.05, 0.1) is 0 Å². The Morgan fingerprint density at radius 1 is 0.110 bits per heavy atom. The highest BCUT2D eigenvalue weighted by atomic mass is 27.2. The Balaban J connectivity index is 3.98. The standard InChI is InChI=1S/3C24H49.Al/c3*1-3-5-7-9-11-13-15-17-19-21-23-24-22-20-18-16-14-12-10-8-6-4-2;/h3*1,3-24H2,2H3;. The molecule has 0 rings (SSSR count). The van der Waals surface area contributed by atoms with Gasteiger partial charge in [-0.05, 0) is 0 Å². The Morgan fingerprint density at radius 2 is 0.192 bits per heavy atom. The van der Waals surface area contributed by atoms with Crippen LogP contribution in [0.3, 0.4) is 0 Å². The van der Waals surface area contributed by atoms with Crippen molar-refractivity contribution in [3.8, 4) is 0 Å². The molecule has 0 unspecified atom stereocenters. The van der Waals surface area contributed by atoms with E-state index in [9.17, 15) is 0 Å². The number of rotatable bonds is 69. The molecule has 0 aliphatic rings. The highest BCUT2D eigenvalue weighted by molar-refractivity contribution is 6.58. The van der Waals surface area contributed by atoms with Crippen molar-refractivity contribution in [2.75, 3.05) is 0 Å². The lowest BCUT2D eigenvalue weighted by Crippen LogP contribution is -2.12. The molecule has 0 nitrogen and oxygen atoms in total. The molecule has 0 fully saturated rings. The van der Waals surface area contributed by atoms with E-state index in [-0.39, 0.29) is 0 Å². The van der Waals surface area contributed by atoms with Crippen LogP contribution < -0.4 is 0 Å². The van der Waals surface area contributed by atoms with Gasteiger partial charge in [0.2, 0.25) is 0 Å². The van der Waals surface area contributed by atoms with Crippen LogP contribution in [0.25, 0.3) is 0 Å². The fraction of sp³-hybridized carbons (Fsp3) is 1.00. The predicted molar refractivity (Wildman–Crippen MR) is 342 cm³/mol. The van der Waals surface area contributed by atoms with E-state index in [2.05, 4.69) is 20.8 Å². The summed E-state index contributed by atoms with van der Waals surface area (Å²) in [6.45, 7) is 6.97. The number of unbranched alkanes of at least 4 members (excludes halogenated alkanes) is 63. The highest BCUT2D eigenvalue weighted by Gasteiger charge is 2.16. The molecule has 0 aliphatic heterocycles. The van der Waals surface area contributed by atoms with Gasteiger partial charge in [0, 0.05) is 0 Å². The van der Waals surface area contributed by atoms with Crippen LogP contribution >= 0.6 is 0 Å². The molecular formula is C72H147Al. The summed E-state index contributed by atoms with van der Waals surface area (Å²) in [5, 5.41) is 5.03. The minimum Gasteiger partial charge on any atom is -0.0939 e. The molecule has 0 bridgehead atoms. The molecule has 0 saturated heterocycles. The SMILES string of the molecule is CCCCCCCCCCCCCCCCCCCCCCC[CH2][Al]([CH2]CCCCCCCCCCCCCCCCCCCCCCC)[CH2]CCCCCCCCCCCCCCCCCCCCCCC. The highest BCUT2D eigenvalue weighted by Crippen LogP contribution is 2.23. The summed E-state index contributed by atoms with van der Waals surface area (Å²) in [7, 11) is 0. The lowest BCUT2D eigenvalue weighted by atomic mass is 10.0. The Morgan fingerprint density at radius 3 is 0.288 bits per heavy atom. The lowest BCUT2D eigenvalue weighted by Gasteiger charge is -2.12. The third-order valence-electron chi connectivity index (χ3n) is 17.9. The summed E-state index contributed by atoms with van der Waals surface area (Å²) in [5.41, 5.74) is 0. The zero-order valence-electron chi connectivity index (χ0n) is 52.4. The topological polar surface area (TPSA) is 0 Å². The molecule has 0 aromatic rings. The van der Waals surface area contributed by atoms with Crippen LogP contribution in [0, 0.1) is 0 Å². The Hall–Kier alpha value is 0.532. The molecular weight excluding hydrogens is 892 g/mol. The van der Waals surface area contributed by atoms with E-state index in [0.29, 0.717) is 0 Å². The van der Waals surface area contributed by atoms with Gasteiger partial charge in [-0.1, -0.05) is 460 Å². The second-order valence-electron chi connectivity index (χ2n) is 25.5. The first kappa shape index (κ1) is 73.5. The van der Waals surface area contributed by atoms with Crippen molar-refractivity contribution in [1.82, 2.24) is 0 Å². The van der Waals surface area contributed by atoms with Crippen molar-refractivity contribution in [3.63, 3.8) is 0 Å². The first-order chi connectivity index (χ1) is 36.3. The maximum absolute atomic E-state index is 2.32. The average molecular weight is 1040 g/mol. The van der Waals surface area contributed by atoms with Crippen molar-refractivity contribution in [1.29, 1.82) is 0 Å². The minimum atomic E-state index is -0.537. The van der Waals surface area contributed by atoms with Gasteiger partial charge in [0.1, 0.15) is 0 Å². The molecule has 0 aliphatic carbocycles. The first-order valence-electron chi connectivity index (χ1n) is 36.3. The van der Waals surface area contributed by atoms with Gasteiger partial charge in [0.15, 0.2) is 0 Å². The van der Waals surface area contributed by atoms with Crippen molar-refractivity contribution < 1.29 is 0 Å². The second kappa shape index (κ2) is 70.5. The predicted octanol–water partition coefficient (Wildman–Crippen LogP) is 28.3. The van der Waals surface area contributed by atoms with Crippen molar-refractivity contribution >= 4 is 14.1 Å². The largest absolute Gasteiger partial charge is 0.261 e. The van der Waals surface area contributed by atoms with E-state index in [1.165, 1.54) is 385 Å². The summed E-state index contributed by atoms with van der Waals surface area (Å²) in [5.74, 6) is 0. The smallest absolute Gasteiger partial charge is 0.0939 e. The first-order valence-corrected chi connectivity index (χ1v) is 38.8. The quantitative estimate of drug-likeness (QED) is 0.0421. The molecule has 0 radical (unpaired) electrons. The molecule has 73 heavy (non-hydrogen) atoms. The van der Waals surface area contributed by atoms with Gasteiger partial charge in [0.25, 0.3) is 14.1 Å². The van der Waals surface area contributed by atoms with Crippen LogP contribution in [0.15, 0.2) is 0 Å². The third-order valence-corrected chi connectivity index (χ3v) is 21.6. The van der Waals surface area contributed by atoms with Gasteiger partial charge >= 0.3 is 0 Å². The average Bonchev–Trinajstić information content (AvgIpc) is 3.40. The molecule has 1 heteroatoms. The van der Waals surface area contributed by atoms with Crippen molar-refractivity contribution in [3.05, 3.63) is 0 Å². The lowest BCUT2D eigenvalue weighted by molar-refractivity contribution is 0.519. The van der Waals surface area contributed by atoms with Crippen LogP contribution in [0.4, 0.5) is 0 Å². The van der Waals surface area contributed by atoms with Gasteiger partial charge < -0.3 is 0 Å². The molecule has 438 valence electrons. The second-order valence-corrected chi connectivity index (χ2v) is 29.0. The molecule has 0 atom stereocenters. The molecule has 0 saturated carbocycles. The van der Waals surface area contributed by atoms with Gasteiger partial charge in [-0.3, -0.25) is 0 Å². The van der Waals surface area contributed by atoms with E-state index < -0.39 is 14.1 Å². The molecule has 0 amide bonds. The van der Waals surface area contributed by atoms with Crippen LogP contribution in [-0.2, 0) is 0 Å². The zero-order valence-corrected chi connectivity index (χ0v) is 53.5. The minimum absolute atomic E-state index is 0.537. The Labute approximate surface area is 471 Å². The van der Waals surface area contributed by atoms with Gasteiger partial charge in [-0.2, -0.15) is 0 Å². The summed E-state index contributed by atoms with van der Waals surface area (Å²) in [4.78, 5) is 0. The molecule has 0 aromatic carbocycles. The van der Waals surface area contributed by atoms with E-state index in [4.69, 9.17) is 0 Å². The molecule has 0 N–H and O–H groups in total. The molecule has 0 heterocycles. The fourth-order valence-electron chi connectivity index (χ4n) is 12.6. The maximum Gasteiger partial charge on any atom is 0.261 e. The summed E-state index contributed by atoms with van der Waals surface area (Å²) in [6, 6.07) is 0. The summed E-state index contributed by atoms with van der Waals surface area (Å²) in [6.07, 6.45) is 98.8. The van der Waals surface area contributed by atoms with E-state index in [1.807, 2.05) is 0 Å². The van der Waals surface area contributed by atoms with Gasteiger partial charge in [-0.25, -0.2) is 0 Å². The zero-order chi connectivity index (χ0) is 52.4. The van der Waals surface area contributed by atoms with Gasteiger partial charge in [-0.15, -0.1) is 0 Å². The third kappa shape index (κ3) is 68.6. The van der Waals surface area contributed by atoms with Crippen molar-refractivity contribution in [2.45, 2.75) is 460 Å². The number of hydrogen-bond acceptors (Lipinski definition) is 0. The van der Waals surface area contributed by atoms with Crippen LogP contribution in [-0.4, -0.2) is 14.1 Å². The van der Waals surface area contributed by atoms with E-state index >= 15 is 0 Å². The van der Waals surface area contributed by atoms with E-state index in [1.54, 1.807) is 54.4 Å². The molecule has 0 spiro atoms. The maximum atomic E-state index is 2.32. The van der Waals surface area contributed by atoms with Crippen LogP contribution in [0.1, 0.15) is 445 Å². The monoisotopic (exact) mass is 1040 g/mol. The summed E-state index contributed by atoms with van der Waals surface area (Å²) < 4.78 is 0. The Kier molecular flexibility index (Phi) is 71.1. The van der Waals surface area contributed by atoms with Crippen molar-refractivity contribution in [2.24, 2.45) is 0 Å². The van der Waals surface area contributed by atoms with E-state index in [0.717, 1.165) is 0 Å². The van der Waals surface area contributed by atoms with Crippen LogP contribution in [0.2, 0.25) is 15.8 Å². The summed E-state index contributed by atoms with van der Waals surface area (Å²) >= 11 is -0.537. The normalized spacial score (nSPS) is 11.7. The fourth-order valence-corrected chi connectivity index (χ4v) is 16.0. The van der Waals surface area contributed by atoms with Crippen LogP contribution in [0.5, 0.6) is 0 Å².